The molecule has 0 radical (unpaired) electrons. The molecule has 8 nitrogen and oxygen atoms in total. The molecule has 0 unspecified atom stereocenters. The monoisotopic (exact) mass is 530 g/mol. The number of hydrogen-bond acceptors (Lipinski definition) is 7. The van der Waals surface area contributed by atoms with Crippen LogP contribution in [0.1, 0.15) is 34.7 Å². The van der Waals surface area contributed by atoms with E-state index in [1.165, 1.54) is 18.1 Å². The molecule has 39 heavy (non-hydrogen) atoms. The van der Waals surface area contributed by atoms with Gasteiger partial charge in [-0.1, -0.05) is 35.9 Å². The highest BCUT2D eigenvalue weighted by molar-refractivity contribution is 6.46. The predicted molar refractivity (Wildman–Crippen MR) is 149 cm³/mol. The minimum absolute atomic E-state index is 0.00831. The number of phenols is 1. The van der Waals surface area contributed by atoms with Crippen molar-refractivity contribution in [1.29, 1.82) is 0 Å². The van der Waals surface area contributed by atoms with Crippen LogP contribution in [-0.2, 0) is 16.2 Å². The Bertz CT molecular complexity index is 1380. The number of rotatable bonds is 10. The predicted octanol–water partition coefficient (Wildman–Crippen LogP) is 4.66. The highest BCUT2D eigenvalue weighted by atomic mass is 16.5. The number of aliphatic hydroxyl groups excluding tert-OH is 1. The van der Waals surface area contributed by atoms with Crippen LogP contribution >= 0.6 is 0 Å². The third-order valence-electron chi connectivity index (χ3n) is 6.68. The minimum atomic E-state index is -0.834. The van der Waals surface area contributed by atoms with Crippen molar-refractivity contribution in [3.63, 3.8) is 0 Å². The van der Waals surface area contributed by atoms with Gasteiger partial charge in [-0.05, 0) is 81.5 Å². The fraction of sp³-hybridized carbons (Fsp3) is 0.290. The lowest BCUT2D eigenvalue weighted by Gasteiger charge is -2.26. The number of carbonyl (C=O) groups excluding carboxylic acids is 2. The van der Waals surface area contributed by atoms with E-state index in [-0.39, 0.29) is 22.8 Å². The van der Waals surface area contributed by atoms with Crippen LogP contribution in [-0.4, -0.2) is 66.0 Å². The molecule has 0 bridgehead atoms. The number of methoxy groups -OCH3 is 1. The molecule has 1 aliphatic rings. The summed E-state index contributed by atoms with van der Waals surface area (Å²) in [4.78, 5) is 29.9. The van der Waals surface area contributed by atoms with Crippen molar-refractivity contribution in [3.05, 3.63) is 94.6 Å². The number of ether oxygens (including phenoxy) is 2. The first-order chi connectivity index (χ1) is 18.7. The van der Waals surface area contributed by atoms with E-state index < -0.39 is 17.7 Å². The molecule has 1 amide bonds. The summed E-state index contributed by atoms with van der Waals surface area (Å²) in [5, 5.41) is 21.4. The van der Waals surface area contributed by atoms with E-state index in [1.54, 1.807) is 36.4 Å². The van der Waals surface area contributed by atoms with Crippen LogP contribution in [0.15, 0.2) is 72.3 Å². The van der Waals surface area contributed by atoms with Gasteiger partial charge in [0.05, 0.1) is 18.7 Å². The van der Waals surface area contributed by atoms with Gasteiger partial charge in [0.25, 0.3) is 11.7 Å². The summed E-state index contributed by atoms with van der Waals surface area (Å²) in [6, 6.07) is 18.6. The number of aromatic hydroxyl groups is 1. The SMILES string of the molecule is COc1cc([C@H]2/C(=C(\O)c3ccc(OCc4cccc(C)c4)cc3)C(=O)C(=O)N2CCCN(C)C)ccc1O. The lowest BCUT2D eigenvalue weighted by atomic mass is 9.95. The number of aryl methyl sites for hydroxylation is 1. The summed E-state index contributed by atoms with van der Waals surface area (Å²) in [6.45, 7) is 3.46. The van der Waals surface area contributed by atoms with Gasteiger partial charge in [-0.2, -0.15) is 0 Å². The number of hydrogen-bond donors (Lipinski definition) is 2. The molecule has 0 saturated carbocycles. The van der Waals surface area contributed by atoms with Crippen molar-refractivity contribution in [2.45, 2.75) is 26.0 Å². The molecule has 0 aliphatic carbocycles. The lowest BCUT2D eigenvalue weighted by Crippen LogP contribution is -2.32. The van der Waals surface area contributed by atoms with Gasteiger partial charge in [-0.15, -0.1) is 0 Å². The van der Waals surface area contributed by atoms with Crippen LogP contribution in [0.3, 0.4) is 0 Å². The number of aliphatic hydroxyl groups is 1. The highest BCUT2D eigenvalue weighted by Crippen LogP contribution is 2.42. The highest BCUT2D eigenvalue weighted by Gasteiger charge is 2.46. The fourth-order valence-electron chi connectivity index (χ4n) is 4.71. The Labute approximate surface area is 228 Å². The maximum Gasteiger partial charge on any atom is 0.295 e. The van der Waals surface area contributed by atoms with Crippen LogP contribution in [0.4, 0.5) is 0 Å². The Kier molecular flexibility index (Phi) is 8.56. The molecule has 0 spiro atoms. The smallest absolute Gasteiger partial charge is 0.295 e. The van der Waals surface area contributed by atoms with Gasteiger partial charge in [-0.3, -0.25) is 9.59 Å². The number of nitrogens with zero attached hydrogens (tertiary/aromatic N) is 2. The van der Waals surface area contributed by atoms with Crippen LogP contribution in [0.25, 0.3) is 5.76 Å². The van der Waals surface area contributed by atoms with Crippen LogP contribution in [0, 0.1) is 6.92 Å². The molecule has 1 heterocycles. The topological polar surface area (TPSA) is 99.5 Å². The molecular formula is C31H34N2O6. The maximum atomic E-state index is 13.3. The molecular weight excluding hydrogens is 496 g/mol. The Morgan fingerprint density at radius 2 is 1.77 bits per heavy atom. The van der Waals surface area contributed by atoms with Crippen molar-refractivity contribution in [2.24, 2.45) is 0 Å². The second-order valence-electron chi connectivity index (χ2n) is 9.88. The number of benzene rings is 3. The second kappa shape index (κ2) is 12.0. The summed E-state index contributed by atoms with van der Waals surface area (Å²) in [7, 11) is 5.30. The molecule has 1 atom stereocenters. The molecule has 8 heteroatoms. The van der Waals surface area contributed by atoms with E-state index in [2.05, 4.69) is 6.07 Å². The van der Waals surface area contributed by atoms with Crippen LogP contribution in [0.2, 0.25) is 0 Å². The average molecular weight is 531 g/mol. The zero-order valence-electron chi connectivity index (χ0n) is 22.7. The second-order valence-corrected chi connectivity index (χ2v) is 9.88. The van der Waals surface area contributed by atoms with Crippen molar-refractivity contribution < 1.29 is 29.3 Å². The summed E-state index contributed by atoms with van der Waals surface area (Å²) >= 11 is 0. The molecule has 3 aromatic carbocycles. The van der Waals surface area contributed by atoms with E-state index in [1.807, 2.05) is 44.1 Å². The normalized spacial score (nSPS) is 16.6. The standard InChI is InChI=1S/C31H34N2O6/c1-20-7-5-8-21(17-20)19-39-24-12-9-22(10-13-24)29(35)27-28(23-11-14-25(34)26(18-23)38-4)33(31(37)30(27)36)16-6-15-32(2)3/h5,7-14,17-18,28,34-35H,6,15-16,19H2,1-4H3/b29-27+/t28-/m0/s1. The zero-order chi connectivity index (χ0) is 28.1. The average Bonchev–Trinajstić information content (AvgIpc) is 3.17. The third kappa shape index (κ3) is 6.23. The minimum Gasteiger partial charge on any atom is -0.507 e. The van der Waals surface area contributed by atoms with Gasteiger partial charge in [0.15, 0.2) is 11.5 Å². The van der Waals surface area contributed by atoms with Crippen molar-refractivity contribution >= 4 is 17.4 Å². The van der Waals surface area contributed by atoms with Crippen molar-refractivity contribution in [3.8, 4) is 17.2 Å². The Hall–Kier alpha value is -4.30. The fourth-order valence-corrected chi connectivity index (χ4v) is 4.71. The quantitative estimate of drug-likeness (QED) is 0.223. The molecule has 3 aromatic rings. The summed E-state index contributed by atoms with van der Waals surface area (Å²) in [5.74, 6) is -0.948. The van der Waals surface area contributed by atoms with Gasteiger partial charge in [0, 0.05) is 12.1 Å². The summed E-state index contributed by atoms with van der Waals surface area (Å²) in [5.41, 5.74) is 3.12. The summed E-state index contributed by atoms with van der Waals surface area (Å²) in [6.07, 6.45) is 0.638. The molecule has 204 valence electrons. The van der Waals surface area contributed by atoms with E-state index in [0.717, 1.165) is 17.7 Å². The van der Waals surface area contributed by atoms with Crippen LogP contribution in [0.5, 0.6) is 17.2 Å². The Morgan fingerprint density at radius 1 is 1.03 bits per heavy atom. The first-order valence-corrected chi connectivity index (χ1v) is 12.8. The number of ketones is 1. The molecule has 1 fully saturated rings. The number of likely N-dealkylation sites (tertiary alicyclic amines) is 1. The molecule has 4 rings (SSSR count). The molecule has 1 saturated heterocycles. The number of phenolic OH excluding ortho intramolecular Hbond substituents is 1. The Morgan fingerprint density at radius 3 is 2.44 bits per heavy atom. The number of carbonyl (C=O) groups is 2. The van der Waals surface area contributed by atoms with Gasteiger partial charge in [-0.25, -0.2) is 0 Å². The maximum absolute atomic E-state index is 13.3. The van der Waals surface area contributed by atoms with E-state index >= 15 is 0 Å². The summed E-state index contributed by atoms with van der Waals surface area (Å²) < 4.78 is 11.1. The van der Waals surface area contributed by atoms with E-state index in [0.29, 0.717) is 36.4 Å². The molecule has 2 N–H and O–H groups in total. The Balaban J connectivity index is 1.66. The third-order valence-corrected chi connectivity index (χ3v) is 6.68. The number of amides is 1. The first-order valence-electron chi connectivity index (χ1n) is 12.8. The number of Topliss-reactive ketones (excluding diaryl/α,β-unsaturated/α-hetero) is 1. The largest absolute Gasteiger partial charge is 0.507 e. The molecule has 0 aromatic heterocycles. The van der Waals surface area contributed by atoms with Gasteiger partial charge < -0.3 is 29.5 Å². The van der Waals surface area contributed by atoms with Gasteiger partial charge >= 0.3 is 0 Å². The first kappa shape index (κ1) is 27.7. The zero-order valence-corrected chi connectivity index (χ0v) is 22.7. The van der Waals surface area contributed by atoms with E-state index in [4.69, 9.17) is 9.47 Å². The van der Waals surface area contributed by atoms with Crippen LogP contribution < -0.4 is 9.47 Å². The molecule has 1 aliphatic heterocycles. The van der Waals surface area contributed by atoms with Gasteiger partial charge in [0.1, 0.15) is 18.1 Å². The van der Waals surface area contributed by atoms with Crippen molar-refractivity contribution in [1.82, 2.24) is 9.80 Å². The lowest BCUT2D eigenvalue weighted by molar-refractivity contribution is -0.139. The van der Waals surface area contributed by atoms with Crippen molar-refractivity contribution in [2.75, 3.05) is 34.3 Å². The van der Waals surface area contributed by atoms with E-state index in [9.17, 15) is 19.8 Å². The van der Waals surface area contributed by atoms with Gasteiger partial charge in [0.2, 0.25) is 0 Å².